The summed E-state index contributed by atoms with van der Waals surface area (Å²) in [6, 6.07) is 0.112. The lowest BCUT2D eigenvalue weighted by Crippen LogP contribution is -2.51. The largest absolute Gasteiger partial charge is 0.355 e. The maximum atomic E-state index is 12.5. The summed E-state index contributed by atoms with van der Waals surface area (Å²) in [7, 11) is 0. The number of aromatic nitrogens is 2. The van der Waals surface area contributed by atoms with Gasteiger partial charge in [-0.05, 0) is 30.1 Å². The lowest BCUT2D eigenvalue weighted by atomic mass is 9.78. The van der Waals surface area contributed by atoms with Crippen LogP contribution in [-0.4, -0.2) is 34.6 Å². The van der Waals surface area contributed by atoms with Gasteiger partial charge in [0, 0.05) is 24.1 Å². The minimum atomic E-state index is -0.106. The first-order chi connectivity index (χ1) is 11.6. The molecule has 1 aromatic heterocycles. The molecule has 0 radical (unpaired) electrons. The van der Waals surface area contributed by atoms with Crippen molar-refractivity contribution in [2.24, 2.45) is 17.3 Å². The van der Waals surface area contributed by atoms with Crippen molar-refractivity contribution in [3.05, 3.63) is 17.5 Å². The Morgan fingerprint density at radius 1 is 1.28 bits per heavy atom. The number of amides is 2. The fourth-order valence-electron chi connectivity index (χ4n) is 2.94. The Morgan fingerprint density at radius 3 is 2.48 bits per heavy atom. The molecule has 0 aromatic carbocycles. The Bertz CT molecular complexity index is 615. The highest BCUT2D eigenvalue weighted by atomic mass is 16.2. The second-order valence-corrected chi connectivity index (χ2v) is 8.61. The van der Waals surface area contributed by atoms with E-state index in [0.29, 0.717) is 18.2 Å². The van der Waals surface area contributed by atoms with Gasteiger partial charge in [-0.2, -0.15) is 5.10 Å². The molecule has 3 atom stereocenters. The van der Waals surface area contributed by atoms with Crippen LogP contribution in [-0.2, 0) is 4.79 Å². The molecule has 3 N–H and O–H groups in total. The van der Waals surface area contributed by atoms with Crippen LogP contribution >= 0.6 is 0 Å². The van der Waals surface area contributed by atoms with Gasteiger partial charge in [-0.1, -0.05) is 41.5 Å². The summed E-state index contributed by atoms with van der Waals surface area (Å²) in [6.45, 7) is 12.9. The summed E-state index contributed by atoms with van der Waals surface area (Å²) < 4.78 is 0. The second-order valence-electron chi connectivity index (χ2n) is 8.61. The van der Waals surface area contributed by atoms with Crippen LogP contribution in [0.4, 0.5) is 0 Å². The Labute approximate surface area is 150 Å². The molecule has 1 unspecified atom stereocenters. The minimum absolute atomic E-state index is 0.0424. The Morgan fingerprint density at radius 2 is 1.96 bits per heavy atom. The summed E-state index contributed by atoms with van der Waals surface area (Å²) in [5, 5.41) is 12.9. The summed E-state index contributed by atoms with van der Waals surface area (Å²) in [5.41, 5.74) is 1.43. The molecule has 6 heteroatoms. The third-order valence-corrected chi connectivity index (χ3v) is 5.48. The number of nitrogens with one attached hydrogen (secondary N) is 3. The van der Waals surface area contributed by atoms with Crippen LogP contribution in [0.25, 0.3) is 0 Å². The third-order valence-electron chi connectivity index (χ3n) is 5.48. The van der Waals surface area contributed by atoms with Crippen LogP contribution in [0.5, 0.6) is 0 Å². The summed E-state index contributed by atoms with van der Waals surface area (Å²) in [4.78, 5) is 24.7. The van der Waals surface area contributed by atoms with E-state index in [2.05, 4.69) is 41.6 Å². The van der Waals surface area contributed by atoms with Gasteiger partial charge in [0.25, 0.3) is 5.91 Å². The molecule has 1 saturated carbocycles. The fourth-order valence-corrected chi connectivity index (χ4v) is 2.94. The summed E-state index contributed by atoms with van der Waals surface area (Å²) in [5.74, 6) is 0.477. The monoisotopic (exact) mass is 348 g/mol. The zero-order valence-corrected chi connectivity index (χ0v) is 16.3. The van der Waals surface area contributed by atoms with Crippen molar-refractivity contribution in [2.45, 2.75) is 66.3 Å². The van der Waals surface area contributed by atoms with Gasteiger partial charge >= 0.3 is 0 Å². The number of hydrogen-bond acceptors (Lipinski definition) is 3. The lowest BCUT2D eigenvalue weighted by Gasteiger charge is -2.38. The molecule has 2 rings (SSSR count). The molecule has 6 nitrogen and oxygen atoms in total. The number of carbonyl (C=O) groups excluding carboxylic acids is 2. The van der Waals surface area contributed by atoms with Gasteiger partial charge in [-0.3, -0.25) is 14.7 Å². The van der Waals surface area contributed by atoms with Crippen molar-refractivity contribution in [3.8, 4) is 0 Å². The predicted octanol–water partition coefficient (Wildman–Crippen LogP) is 2.84. The van der Waals surface area contributed by atoms with Crippen molar-refractivity contribution >= 4 is 11.8 Å². The van der Waals surface area contributed by atoms with Gasteiger partial charge in [0.1, 0.15) is 5.69 Å². The van der Waals surface area contributed by atoms with E-state index < -0.39 is 0 Å². The van der Waals surface area contributed by atoms with E-state index in [4.69, 9.17) is 0 Å². The average molecular weight is 348 g/mol. The molecule has 25 heavy (non-hydrogen) atoms. The number of hydrogen-bond donors (Lipinski definition) is 3. The highest BCUT2D eigenvalue weighted by Gasteiger charge is 2.34. The smallest absolute Gasteiger partial charge is 0.269 e. The minimum Gasteiger partial charge on any atom is -0.355 e. The van der Waals surface area contributed by atoms with Gasteiger partial charge in [0.15, 0.2) is 0 Å². The zero-order valence-electron chi connectivity index (χ0n) is 16.3. The zero-order chi connectivity index (χ0) is 18.8. The molecule has 0 spiro atoms. The van der Waals surface area contributed by atoms with Gasteiger partial charge in [-0.25, -0.2) is 0 Å². The quantitative estimate of drug-likeness (QED) is 0.739. The van der Waals surface area contributed by atoms with Crippen molar-refractivity contribution in [2.75, 3.05) is 6.54 Å². The second kappa shape index (κ2) is 7.58. The number of rotatable bonds is 6. The molecule has 1 aliphatic rings. The standard InChI is InChI=1S/C19H32N4O2/c1-11(2)14-10-21-23-16(14)18(25)22-15-8-7-13(15)9-20-17(24)12(3)19(4,5)6/h10-13,15H,7-9H2,1-6H3,(H,20,24)(H,21,23)(H,22,25)/t12?,13-,15+/m0/s1. The first kappa shape index (κ1) is 19.5. The highest BCUT2D eigenvalue weighted by Crippen LogP contribution is 2.29. The maximum Gasteiger partial charge on any atom is 0.269 e. The maximum absolute atomic E-state index is 12.5. The van der Waals surface area contributed by atoms with Crippen LogP contribution in [0.3, 0.4) is 0 Å². The van der Waals surface area contributed by atoms with E-state index >= 15 is 0 Å². The number of aromatic amines is 1. The molecule has 1 heterocycles. The van der Waals surface area contributed by atoms with E-state index in [9.17, 15) is 9.59 Å². The number of H-pyrrole nitrogens is 1. The Balaban J connectivity index is 1.85. The normalized spacial score (nSPS) is 21.6. The van der Waals surface area contributed by atoms with E-state index in [0.717, 1.165) is 18.4 Å². The van der Waals surface area contributed by atoms with E-state index in [1.165, 1.54) is 0 Å². The van der Waals surface area contributed by atoms with Crippen molar-refractivity contribution in [1.82, 2.24) is 20.8 Å². The molecule has 1 aliphatic carbocycles. The summed E-state index contributed by atoms with van der Waals surface area (Å²) >= 11 is 0. The Kier molecular flexibility index (Phi) is 5.91. The predicted molar refractivity (Wildman–Crippen MR) is 98.3 cm³/mol. The average Bonchev–Trinajstić information content (AvgIpc) is 2.99. The molecule has 1 fully saturated rings. The first-order valence-corrected chi connectivity index (χ1v) is 9.23. The fraction of sp³-hybridized carbons (Fsp3) is 0.737. The van der Waals surface area contributed by atoms with Crippen LogP contribution in [0.15, 0.2) is 6.20 Å². The molecule has 0 saturated heterocycles. The molecular formula is C19H32N4O2. The number of carbonyl (C=O) groups is 2. The van der Waals surface area contributed by atoms with E-state index in [1.54, 1.807) is 6.20 Å². The summed E-state index contributed by atoms with van der Waals surface area (Å²) in [6.07, 6.45) is 3.69. The van der Waals surface area contributed by atoms with Crippen LogP contribution in [0.2, 0.25) is 0 Å². The van der Waals surface area contributed by atoms with Crippen molar-refractivity contribution in [3.63, 3.8) is 0 Å². The third kappa shape index (κ3) is 4.61. The van der Waals surface area contributed by atoms with Crippen molar-refractivity contribution in [1.29, 1.82) is 0 Å². The molecule has 0 bridgehead atoms. The van der Waals surface area contributed by atoms with E-state index in [-0.39, 0.29) is 35.1 Å². The lowest BCUT2D eigenvalue weighted by molar-refractivity contribution is -0.127. The van der Waals surface area contributed by atoms with E-state index in [1.807, 2.05) is 20.8 Å². The topological polar surface area (TPSA) is 86.9 Å². The van der Waals surface area contributed by atoms with Crippen molar-refractivity contribution < 1.29 is 9.59 Å². The van der Waals surface area contributed by atoms with Crippen LogP contribution < -0.4 is 10.6 Å². The SMILES string of the molecule is CC(C)c1cn[nH]c1C(=O)N[C@@H]1CC[C@H]1CNC(=O)C(C)C(C)(C)C. The van der Waals surface area contributed by atoms with Gasteiger partial charge < -0.3 is 10.6 Å². The van der Waals surface area contributed by atoms with Gasteiger partial charge in [-0.15, -0.1) is 0 Å². The number of nitrogens with zero attached hydrogens (tertiary/aromatic N) is 1. The van der Waals surface area contributed by atoms with Crippen LogP contribution in [0.1, 0.15) is 76.4 Å². The molecule has 1 aromatic rings. The molecular weight excluding hydrogens is 316 g/mol. The van der Waals surface area contributed by atoms with Gasteiger partial charge in [0.2, 0.25) is 5.91 Å². The first-order valence-electron chi connectivity index (χ1n) is 9.23. The van der Waals surface area contributed by atoms with Gasteiger partial charge in [0.05, 0.1) is 6.20 Å². The van der Waals surface area contributed by atoms with Crippen LogP contribution in [0, 0.1) is 17.3 Å². The Hall–Kier alpha value is -1.85. The molecule has 0 aliphatic heterocycles. The molecule has 140 valence electrons. The molecule has 2 amide bonds. The highest BCUT2D eigenvalue weighted by molar-refractivity contribution is 5.94.